The molecule has 0 amide bonds. The van der Waals surface area contributed by atoms with Crippen LogP contribution in [0, 0.1) is 0 Å². The molecule has 1 unspecified atom stereocenters. The highest BCUT2D eigenvalue weighted by molar-refractivity contribution is 7.90. The van der Waals surface area contributed by atoms with E-state index in [1.54, 1.807) is 4.90 Å². The fourth-order valence-corrected chi connectivity index (χ4v) is 7.05. The number of nitrogens with zero attached hydrogens (tertiary/aromatic N) is 2. The van der Waals surface area contributed by atoms with Crippen LogP contribution < -0.4 is 4.74 Å². The third kappa shape index (κ3) is 12.3. The molecule has 0 spiro atoms. The third-order valence-corrected chi connectivity index (χ3v) is 10.6. The van der Waals surface area contributed by atoms with Crippen molar-refractivity contribution in [3.05, 3.63) is 112 Å². The van der Waals surface area contributed by atoms with Crippen molar-refractivity contribution >= 4 is 37.7 Å². The summed E-state index contributed by atoms with van der Waals surface area (Å²) in [5, 5.41) is 10.8. The van der Waals surface area contributed by atoms with Crippen LogP contribution in [0.1, 0.15) is 46.7 Å². The summed E-state index contributed by atoms with van der Waals surface area (Å²) in [4.78, 5) is 31.5. The standard InChI is InChI=1S/C38H41F3N2O10S2/c1-54(47,48)18-16-51-36(45)33-21-29-12-13-30(44)22-32(29)35(28-10-8-26(9-11-28)23-42-14-3-4-15-42)43(25-34(33)37(46)52-17-19-55(2,49)50)24-27-6-5-7-31(20-27)53-38(39,40)41/h5-13,20-22,25,35,44H,3-4,14-19,23-24H2,1-2H3. The fraction of sp³-hybridized carbons (Fsp3) is 0.368. The molecule has 55 heavy (non-hydrogen) atoms. The van der Waals surface area contributed by atoms with Gasteiger partial charge >= 0.3 is 18.3 Å². The first-order valence-electron chi connectivity index (χ1n) is 17.2. The fourth-order valence-electron chi connectivity index (χ4n) is 6.27. The van der Waals surface area contributed by atoms with Crippen molar-refractivity contribution < 1.29 is 58.9 Å². The number of phenols is 1. The first-order chi connectivity index (χ1) is 25.8. The maximum absolute atomic E-state index is 13.9. The number of rotatable bonds is 14. The number of esters is 2. The summed E-state index contributed by atoms with van der Waals surface area (Å²) in [6.45, 7) is 1.34. The summed E-state index contributed by atoms with van der Waals surface area (Å²) in [6.07, 6.45) is 1.73. The molecule has 0 aromatic heterocycles. The second kappa shape index (κ2) is 17.3. The van der Waals surface area contributed by atoms with Crippen LogP contribution in [-0.2, 0) is 51.8 Å². The van der Waals surface area contributed by atoms with E-state index in [0.29, 0.717) is 22.3 Å². The van der Waals surface area contributed by atoms with Gasteiger partial charge < -0.3 is 24.2 Å². The molecule has 296 valence electrons. The molecule has 2 aliphatic rings. The summed E-state index contributed by atoms with van der Waals surface area (Å²) >= 11 is 0. The van der Waals surface area contributed by atoms with Crippen LogP contribution in [0.2, 0.25) is 0 Å². The van der Waals surface area contributed by atoms with Crippen LogP contribution in [0.25, 0.3) is 6.08 Å². The number of aromatic hydroxyl groups is 1. The van der Waals surface area contributed by atoms with Gasteiger partial charge in [0.2, 0.25) is 0 Å². The van der Waals surface area contributed by atoms with E-state index in [1.807, 2.05) is 24.3 Å². The second-order valence-corrected chi connectivity index (χ2v) is 18.0. The van der Waals surface area contributed by atoms with Crippen LogP contribution in [0.15, 0.2) is 84.1 Å². The molecule has 3 aromatic rings. The van der Waals surface area contributed by atoms with Crippen molar-refractivity contribution in [2.24, 2.45) is 0 Å². The van der Waals surface area contributed by atoms with E-state index in [2.05, 4.69) is 9.64 Å². The zero-order valence-electron chi connectivity index (χ0n) is 30.1. The highest BCUT2D eigenvalue weighted by atomic mass is 32.2. The Morgan fingerprint density at radius 3 is 2.02 bits per heavy atom. The highest BCUT2D eigenvalue weighted by Gasteiger charge is 2.33. The SMILES string of the molecule is CS(=O)(=O)CCOC(=O)C1=Cc2ccc(O)cc2C(c2ccc(CN3CCCC3)cc2)N(Cc2cccc(OC(F)(F)F)c2)C=C1C(=O)OCCS(C)(=O)=O. The number of likely N-dealkylation sites (tertiary alicyclic amines) is 1. The quantitative estimate of drug-likeness (QED) is 0.220. The van der Waals surface area contributed by atoms with E-state index < -0.39 is 80.1 Å². The lowest BCUT2D eigenvalue weighted by molar-refractivity contribution is -0.274. The number of fused-ring (bicyclic) bond motifs is 1. The maximum Gasteiger partial charge on any atom is 0.573 e. The summed E-state index contributed by atoms with van der Waals surface area (Å²) in [6, 6.07) is 16.3. The molecule has 2 aliphatic heterocycles. The average Bonchev–Trinajstić information content (AvgIpc) is 3.58. The van der Waals surface area contributed by atoms with Crippen molar-refractivity contribution in [1.29, 1.82) is 0 Å². The minimum Gasteiger partial charge on any atom is -0.508 e. The first kappa shape index (κ1) is 41.3. The molecular weight excluding hydrogens is 766 g/mol. The first-order valence-corrected chi connectivity index (χ1v) is 21.3. The lowest BCUT2D eigenvalue weighted by Gasteiger charge is -2.35. The van der Waals surface area contributed by atoms with E-state index in [1.165, 1.54) is 48.7 Å². The molecular formula is C38H41F3N2O10S2. The number of hydrogen-bond acceptors (Lipinski definition) is 12. The summed E-state index contributed by atoms with van der Waals surface area (Å²) < 4.78 is 102. The molecule has 17 heteroatoms. The number of hydrogen-bond donors (Lipinski definition) is 1. The van der Waals surface area contributed by atoms with Crippen molar-refractivity contribution in [2.75, 3.05) is 50.3 Å². The van der Waals surface area contributed by atoms with Crippen LogP contribution in [0.3, 0.4) is 0 Å². The van der Waals surface area contributed by atoms with Gasteiger partial charge in [0.05, 0.1) is 28.7 Å². The Labute approximate surface area is 317 Å². The van der Waals surface area contributed by atoms with E-state index in [-0.39, 0.29) is 17.9 Å². The Bertz CT molecular complexity index is 2160. The zero-order chi connectivity index (χ0) is 40.0. The van der Waals surface area contributed by atoms with Crippen LogP contribution >= 0.6 is 0 Å². The molecule has 0 saturated carbocycles. The predicted octanol–water partition coefficient (Wildman–Crippen LogP) is 4.93. The molecule has 0 bridgehead atoms. The number of ether oxygens (including phenoxy) is 3. The number of sulfone groups is 2. The van der Waals surface area contributed by atoms with Gasteiger partial charge in [-0.3, -0.25) is 4.90 Å². The molecule has 3 aromatic carbocycles. The molecule has 1 atom stereocenters. The highest BCUT2D eigenvalue weighted by Crippen LogP contribution is 2.39. The number of alkyl halides is 3. The van der Waals surface area contributed by atoms with Crippen LogP contribution in [0.4, 0.5) is 13.2 Å². The van der Waals surface area contributed by atoms with E-state index in [4.69, 9.17) is 9.47 Å². The summed E-state index contributed by atoms with van der Waals surface area (Å²) in [5.41, 5.74) is 1.93. The molecule has 1 fully saturated rings. The van der Waals surface area contributed by atoms with Gasteiger partial charge in [-0.15, -0.1) is 13.2 Å². The normalized spacial score (nSPS) is 16.7. The van der Waals surface area contributed by atoms with Gasteiger partial charge in [-0.05, 0) is 84.1 Å². The topological polar surface area (TPSA) is 157 Å². The van der Waals surface area contributed by atoms with Gasteiger partial charge in [0.25, 0.3) is 0 Å². The number of carbonyl (C=O) groups excluding carboxylic acids is 2. The Morgan fingerprint density at radius 2 is 1.42 bits per heavy atom. The van der Waals surface area contributed by atoms with Crippen molar-refractivity contribution in [3.63, 3.8) is 0 Å². The third-order valence-electron chi connectivity index (χ3n) is 8.79. The number of benzene rings is 3. The monoisotopic (exact) mass is 806 g/mol. The predicted molar refractivity (Wildman–Crippen MR) is 197 cm³/mol. The van der Waals surface area contributed by atoms with Crippen molar-refractivity contribution in [2.45, 2.75) is 38.3 Å². The lowest BCUT2D eigenvalue weighted by Crippen LogP contribution is -2.30. The molecule has 2 heterocycles. The van der Waals surface area contributed by atoms with Gasteiger partial charge in [0.15, 0.2) is 19.7 Å². The minimum absolute atomic E-state index is 0.148. The minimum atomic E-state index is -4.98. The molecule has 0 radical (unpaired) electrons. The smallest absolute Gasteiger partial charge is 0.508 e. The number of phenolic OH excluding ortho intramolecular Hbond substituents is 1. The summed E-state index contributed by atoms with van der Waals surface area (Å²) in [5.74, 6) is -3.95. The van der Waals surface area contributed by atoms with Crippen molar-refractivity contribution in [1.82, 2.24) is 9.80 Å². The maximum atomic E-state index is 13.9. The molecule has 5 rings (SSSR count). The van der Waals surface area contributed by atoms with Gasteiger partial charge in [0.1, 0.15) is 24.7 Å². The van der Waals surface area contributed by atoms with E-state index in [9.17, 15) is 44.7 Å². The second-order valence-electron chi connectivity index (χ2n) is 13.4. The van der Waals surface area contributed by atoms with Gasteiger partial charge in [-0.2, -0.15) is 0 Å². The van der Waals surface area contributed by atoms with Crippen molar-refractivity contribution in [3.8, 4) is 11.5 Å². The lowest BCUT2D eigenvalue weighted by atomic mass is 9.88. The van der Waals surface area contributed by atoms with E-state index >= 15 is 0 Å². The van der Waals surface area contributed by atoms with Gasteiger partial charge in [-0.1, -0.05) is 42.5 Å². The summed E-state index contributed by atoms with van der Waals surface area (Å²) in [7, 11) is -7.14. The average molecular weight is 807 g/mol. The largest absolute Gasteiger partial charge is 0.573 e. The Morgan fingerprint density at radius 1 is 0.800 bits per heavy atom. The zero-order valence-corrected chi connectivity index (χ0v) is 31.8. The van der Waals surface area contributed by atoms with Crippen LogP contribution in [0.5, 0.6) is 11.5 Å². The Hall–Kier alpha value is -4.87. The van der Waals surface area contributed by atoms with E-state index in [0.717, 1.165) is 56.6 Å². The Kier molecular flexibility index (Phi) is 13.0. The number of halogens is 3. The van der Waals surface area contributed by atoms with Crippen LogP contribution in [-0.4, -0.2) is 100 Å². The molecule has 12 nitrogen and oxygen atoms in total. The Balaban J connectivity index is 1.68. The molecule has 0 aliphatic carbocycles. The van der Waals surface area contributed by atoms with Gasteiger partial charge in [-0.25, -0.2) is 26.4 Å². The molecule has 1 N–H and O–H groups in total. The number of carbonyl (C=O) groups is 2. The molecule has 1 saturated heterocycles. The van der Waals surface area contributed by atoms with Gasteiger partial charge in [0, 0.05) is 31.8 Å².